The van der Waals surface area contributed by atoms with Crippen molar-refractivity contribution < 1.29 is 28.5 Å². The summed E-state index contributed by atoms with van der Waals surface area (Å²) >= 11 is 0. The van der Waals surface area contributed by atoms with Crippen LogP contribution in [0.4, 0.5) is 11.4 Å². The van der Waals surface area contributed by atoms with E-state index in [1.807, 2.05) is 38.7 Å². The molecule has 44 heavy (non-hydrogen) atoms. The molecule has 2 aromatic rings. The van der Waals surface area contributed by atoms with Gasteiger partial charge in [0.25, 0.3) is 11.8 Å². The lowest BCUT2D eigenvalue weighted by Gasteiger charge is -2.29. The zero-order chi connectivity index (χ0) is 30.8. The van der Waals surface area contributed by atoms with Gasteiger partial charge in [0.1, 0.15) is 0 Å². The summed E-state index contributed by atoms with van der Waals surface area (Å²) in [6, 6.07) is 6.92. The molecule has 0 fully saturated rings. The number of hydrogen-bond acceptors (Lipinski definition) is 8. The zero-order valence-corrected chi connectivity index (χ0v) is 25.7. The largest absolute Gasteiger partial charge is 0.493 e. The number of aliphatic imine (C=N–C) groups is 2. The van der Waals surface area contributed by atoms with Gasteiger partial charge < -0.3 is 28.7 Å². The quantitative estimate of drug-likeness (QED) is 0.294. The van der Waals surface area contributed by atoms with Gasteiger partial charge in [-0.15, -0.1) is 0 Å². The summed E-state index contributed by atoms with van der Waals surface area (Å²) in [5, 5.41) is 0. The van der Waals surface area contributed by atoms with E-state index < -0.39 is 0 Å². The fourth-order valence-corrected chi connectivity index (χ4v) is 5.97. The molecule has 2 amide bonds. The molecule has 2 aromatic carbocycles. The summed E-state index contributed by atoms with van der Waals surface area (Å²) in [6.45, 7) is 5.02. The molecule has 0 bridgehead atoms. The number of fused-ring (bicyclic) bond motifs is 4. The van der Waals surface area contributed by atoms with E-state index in [2.05, 4.69) is 9.98 Å². The molecule has 4 heterocycles. The van der Waals surface area contributed by atoms with Crippen molar-refractivity contribution in [1.82, 2.24) is 9.80 Å². The smallest absolute Gasteiger partial charge is 0.260 e. The molecule has 0 aromatic heterocycles. The molecule has 0 saturated carbocycles. The van der Waals surface area contributed by atoms with Crippen LogP contribution in [0.5, 0.6) is 23.0 Å². The van der Waals surface area contributed by atoms with E-state index in [0.717, 1.165) is 44.1 Å². The summed E-state index contributed by atoms with van der Waals surface area (Å²) in [5.74, 6) is 1.98. The number of carbonyl (C=O) groups excluding carboxylic acids is 2. The fraction of sp³-hybridized carbons (Fsp3) is 0.412. The van der Waals surface area contributed by atoms with Gasteiger partial charge in [0, 0.05) is 37.0 Å². The van der Waals surface area contributed by atoms with Gasteiger partial charge in [-0.25, -0.2) is 0 Å². The van der Waals surface area contributed by atoms with Crippen LogP contribution in [-0.4, -0.2) is 73.6 Å². The number of benzene rings is 2. The van der Waals surface area contributed by atoms with Gasteiger partial charge in [-0.05, 0) is 64.5 Å². The number of nitrogens with zero attached hydrogens (tertiary/aromatic N) is 4. The number of hydrogen-bond donors (Lipinski definition) is 0. The van der Waals surface area contributed by atoms with Crippen LogP contribution in [0.3, 0.4) is 0 Å². The molecule has 0 spiro atoms. The highest BCUT2D eigenvalue weighted by Crippen LogP contribution is 2.40. The summed E-state index contributed by atoms with van der Waals surface area (Å²) in [7, 11) is 3.14. The van der Waals surface area contributed by atoms with Gasteiger partial charge in [-0.2, -0.15) is 0 Å². The maximum Gasteiger partial charge on any atom is 0.260 e. The third kappa shape index (κ3) is 5.80. The Morgan fingerprint density at radius 2 is 1.23 bits per heavy atom. The average Bonchev–Trinajstić information content (AvgIpc) is 3.29. The van der Waals surface area contributed by atoms with Crippen LogP contribution in [0.2, 0.25) is 0 Å². The Morgan fingerprint density at radius 3 is 1.80 bits per heavy atom. The van der Waals surface area contributed by atoms with Gasteiger partial charge in [0.15, 0.2) is 23.0 Å². The molecular weight excluding hydrogens is 560 g/mol. The van der Waals surface area contributed by atoms with Gasteiger partial charge in [-0.1, -0.05) is 11.1 Å². The predicted molar refractivity (Wildman–Crippen MR) is 168 cm³/mol. The third-order valence-corrected chi connectivity index (χ3v) is 8.37. The molecule has 2 atom stereocenters. The highest BCUT2D eigenvalue weighted by Gasteiger charge is 2.32. The first kappa shape index (κ1) is 29.5. The Labute approximate surface area is 257 Å². The Balaban J connectivity index is 1.03. The summed E-state index contributed by atoms with van der Waals surface area (Å²) in [4.78, 5) is 39.2. The van der Waals surface area contributed by atoms with Crippen molar-refractivity contribution >= 4 is 35.6 Å². The minimum atomic E-state index is -0.0864. The topological polar surface area (TPSA) is 102 Å². The van der Waals surface area contributed by atoms with Crippen molar-refractivity contribution in [2.45, 2.75) is 64.5 Å². The van der Waals surface area contributed by atoms with Crippen molar-refractivity contribution in [3.8, 4) is 23.0 Å². The normalized spacial score (nSPS) is 20.1. The summed E-state index contributed by atoms with van der Waals surface area (Å²) in [5.41, 5.74) is 4.52. The lowest BCUT2D eigenvalue weighted by Crippen LogP contribution is -2.38. The number of rotatable bonds is 10. The Morgan fingerprint density at radius 1 is 0.705 bits per heavy atom. The Kier molecular flexibility index (Phi) is 8.41. The molecule has 4 aliphatic rings. The summed E-state index contributed by atoms with van der Waals surface area (Å²) in [6.07, 6.45) is 12.6. The number of carbonyl (C=O) groups is 2. The van der Waals surface area contributed by atoms with E-state index in [1.165, 1.54) is 5.57 Å². The predicted octanol–water partition coefficient (Wildman–Crippen LogP) is 6.39. The molecule has 0 saturated heterocycles. The van der Waals surface area contributed by atoms with Crippen molar-refractivity contribution in [2.24, 2.45) is 9.98 Å². The number of allylic oxidation sites excluding steroid dienone is 1. The SMILES string of the molecule is COc1cc2c(cc1OCCCCCOc1cc3c(cc1OC)C(=O)N1C=C(C)C[C@H]1C=N3)N=CC1CCC(C)=CN1C2=O. The second-order valence-corrected chi connectivity index (χ2v) is 11.6. The molecule has 230 valence electrons. The maximum atomic E-state index is 13.3. The third-order valence-electron chi connectivity index (χ3n) is 8.37. The van der Waals surface area contributed by atoms with Crippen molar-refractivity contribution in [3.63, 3.8) is 0 Å². The highest BCUT2D eigenvalue weighted by atomic mass is 16.5. The minimum Gasteiger partial charge on any atom is -0.493 e. The maximum absolute atomic E-state index is 13.3. The molecule has 0 N–H and O–H groups in total. The van der Waals surface area contributed by atoms with Gasteiger partial charge in [0.05, 0.1) is 62.0 Å². The van der Waals surface area contributed by atoms with Crippen LogP contribution < -0.4 is 18.9 Å². The first-order valence-electron chi connectivity index (χ1n) is 15.1. The second-order valence-electron chi connectivity index (χ2n) is 11.6. The van der Waals surface area contributed by atoms with Crippen molar-refractivity contribution in [2.75, 3.05) is 27.4 Å². The van der Waals surface area contributed by atoms with Gasteiger partial charge in [-0.3, -0.25) is 19.6 Å². The molecule has 4 aliphatic heterocycles. The zero-order valence-electron chi connectivity index (χ0n) is 25.7. The molecular formula is C34H38N4O6. The van der Waals surface area contributed by atoms with Gasteiger partial charge >= 0.3 is 0 Å². The molecule has 1 unspecified atom stereocenters. The Hall–Kier alpha value is -4.60. The monoisotopic (exact) mass is 598 g/mol. The molecule has 0 aliphatic carbocycles. The lowest BCUT2D eigenvalue weighted by molar-refractivity contribution is 0.0790. The lowest BCUT2D eigenvalue weighted by atomic mass is 10.0. The number of methoxy groups -OCH3 is 2. The summed E-state index contributed by atoms with van der Waals surface area (Å²) < 4.78 is 23.3. The van der Waals surface area contributed by atoms with Crippen LogP contribution in [0, 0.1) is 0 Å². The molecule has 10 heteroatoms. The number of ether oxygens (including phenoxy) is 4. The second kappa shape index (κ2) is 12.6. The van der Waals surface area contributed by atoms with E-state index in [0.29, 0.717) is 58.7 Å². The molecule has 0 radical (unpaired) electrons. The van der Waals surface area contributed by atoms with Crippen LogP contribution in [0.15, 0.2) is 57.8 Å². The van der Waals surface area contributed by atoms with Crippen molar-refractivity contribution in [1.29, 1.82) is 0 Å². The number of unbranched alkanes of at least 4 members (excludes halogenated alkanes) is 2. The standard InChI is InChI=1S/C34H38N4O6/c1-21-8-9-23-17-35-27-15-31(29(41-3)13-25(27)33(39)37(23)19-21)43-10-6-5-7-11-44-32-16-28-26(14-30(32)42-4)34(40)38-20-22(2)12-24(38)18-36-28/h13-20,23-24H,5-12H2,1-4H3/t23?,24-/m0/s1. The van der Waals surface area contributed by atoms with E-state index in [4.69, 9.17) is 18.9 Å². The average molecular weight is 599 g/mol. The Bertz CT molecular complexity index is 1590. The molecule has 6 rings (SSSR count). The van der Waals surface area contributed by atoms with Crippen LogP contribution in [-0.2, 0) is 0 Å². The highest BCUT2D eigenvalue weighted by molar-refractivity contribution is 6.05. The molecule has 10 nitrogen and oxygen atoms in total. The number of amides is 2. The van der Waals surface area contributed by atoms with Crippen LogP contribution >= 0.6 is 0 Å². The van der Waals surface area contributed by atoms with E-state index in [9.17, 15) is 9.59 Å². The minimum absolute atomic E-state index is 0.0448. The first-order chi connectivity index (χ1) is 21.4. The van der Waals surface area contributed by atoms with E-state index in [-0.39, 0.29) is 23.9 Å². The van der Waals surface area contributed by atoms with Crippen LogP contribution in [0.1, 0.15) is 73.1 Å². The van der Waals surface area contributed by atoms with E-state index >= 15 is 0 Å². The van der Waals surface area contributed by atoms with Crippen LogP contribution in [0.25, 0.3) is 0 Å². The fourth-order valence-electron chi connectivity index (χ4n) is 5.97. The first-order valence-corrected chi connectivity index (χ1v) is 15.1. The van der Waals surface area contributed by atoms with Gasteiger partial charge in [0.2, 0.25) is 0 Å². The van der Waals surface area contributed by atoms with Crippen molar-refractivity contribution in [3.05, 3.63) is 58.9 Å². The van der Waals surface area contributed by atoms with E-state index in [1.54, 1.807) is 48.3 Å².